The minimum absolute atomic E-state index is 0.0408. The number of hydrogen-bond acceptors (Lipinski definition) is 7. The Bertz CT molecular complexity index is 873. The number of amidine groups is 1. The fraction of sp³-hybridized carbons (Fsp3) is 0.828. The van der Waals surface area contributed by atoms with Crippen LogP contribution in [0.3, 0.4) is 0 Å². The second kappa shape index (κ2) is 16.4. The normalized spacial score (nSPS) is 18.9. The molecule has 0 radical (unpaired) electrons. The molecule has 11 nitrogen and oxygen atoms in total. The van der Waals surface area contributed by atoms with E-state index in [4.69, 9.17) is 20.2 Å². The fourth-order valence-corrected chi connectivity index (χ4v) is 5.02. The molecule has 3 amide bonds. The first-order valence-corrected chi connectivity index (χ1v) is 15.0. The van der Waals surface area contributed by atoms with E-state index >= 15 is 0 Å². The number of carbonyl (C=O) groups excluding carboxylic acids is 4. The van der Waals surface area contributed by atoms with Gasteiger partial charge in [0.25, 0.3) is 6.02 Å². The van der Waals surface area contributed by atoms with Crippen LogP contribution in [0.4, 0.5) is 4.79 Å². The van der Waals surface area contributed by atoms with E-state index in [-0.39, 0.29) is 36.9 Å². The zero-order valence-electron chi connectivity index (χ0n) is 25.1. The predicted octanol–water partition coefficient (Wildman–Crippen LogP) is 3.83. The monoisotopic (exact) mass is 565 g/mol. The van der Waals surface area contributed by atoms with Crippen molar-refractivity contribution in [3.8, 4) is 0 Å². The third kappa shape index (κ3) is 13.5. The molecule has 0 saturated heterocycles. The number of primary amides is 1. The lowest BCUT2D eigenvalue weighted by molar-refractivity contribution is -0.141. The summed E-state index contributed by atoms with van der Waals surface area (Å²) >= 11 is 0. The largest absolute Gasteiger partial charge is 0.444 e. The van der Waals surface area contributed by atoms with Gasteiger partial charge in [-0.1, -0.05) is 52.4 Å². The zero-order valence-corrected chi connectivity index (χ0v) is 25.1. The lowest BCUT2D eigenvalue weighted by Crippen LogP contribution is -2.53. The Balaban J connectivity index is 2.19. The quantitative estimate of drug-likeness (QED) is 0.168. The summed E-state index contributed by atoms with van der Waals surface area (Å²) in [5.41, 5.74) is 4.62. The first kappa shape index (κ1) is 33.4. The van der Waals surface area contributed by atoms with Crippen LogP contribution in [0.2, 0.25) is 0 Å². The van der Waals surface area contributed by atoms with Crippen LogP contribution in [0.1, 0.15) is 118 Å². The molecule has 0 spiro atoms. The second-order valence-corrected chi connectivity index (χ2v) is 12.5. The molecular weight excluding hydrogens is 514 g/mol. The first-order valence-electron chi connectivity index (χ1n) is 15.0. The van der Waals surface area contributed by atoms with Gasteiger partial charge in [-0.25, -0.2) is 14.6 Å². The van der Waals surface area contributed by atoms with Gasteiger partial charge in [-0.05, 0) is 65.2 Å². The summed E-state index contributed by atoms with van der Waals surface area (Å²) in [6.45, 7) is 9.02. The molecule has 2 rings (SSSR count). The minimum atomic E-state index is -1.15. The third-order valence-electron chi connectivity index (χ3n) is 7.00. The summed E-state index contributed by atoms with van der Waals surface area (Å²) < 4.78 is 11.1. The standard InChI is InChI=1S/C29H51N5O6/c1-19(2)18-23(34-28(38)40-29(3,4)5)25(36)33-22(16-17-24(30)35)26(37)39-27(31-20-12-8-6-9-13-20)32-21-14-10-7-11-15-21/h19-23H,6-18H2,1-5H3,(H2,30,35)(H,31,32)(H,33,36)(H,34,38)/t22-,23+/m1/s1. The van der Waals surface area contributed by atoms with Crippen LogP contribution >= 0.6 is 0 Å². The van der Waals surface area contributed by atoms with Gasteiger partial charge in [-0.2, -0.15) is 0 Å². The van der Waals surface area contributed by atoms with Crippen LogP contribution in [0.15, 0.2) is 4.99 Å². The molecule has 0 aromatic heterocycles. The molecule has 2 fully saturated rings. The molecule has 0 aliphatic heterocycles. The Morgan fingerprint density at radius 2 is 1.50 bits per heavy atom. The van der Waals surface area contributed by atoms with Crippen molar-refractivity contribution in [3.63, 3.8) is 0 Å². The highest BCUT2D eigenvalue weighted by Gasteiger charge is 2.31. The number of carbonyl (C=O) groups is 4. The van der Waals surface area contributed by atoms with Crippen LogP contribution in [0, 0.1) is 5.92 Å². The average molecular weight is 566 g/mol. The van der Waals surface area contributed by atoms with E-state index in [1.165, 1.54) is 12.8 Å². The number of alkyl carbamates (subject to hydrolysis) is 1. The molecule has 2 aliphatic carbocycles. The predicted molar refractivity (Wildman–Crippen MR) is 153 cm³/mol. The Kier molecular flexibility index (Phi) is 13.7. The van der Waals surface area contributed by atoms with Crippen LogP contribution in [-0.2, 0) is 23.9 Å². The van der Waals surface area contributed by atoms with E-state index in [1.54, 1.807) is 20.8 Å². The van der Waals surface area contributed by atoms with E-state index in [2.05, 4.69) is 16.0 Å². The molecule has 2 aliphatic rings. The van der Waals surface area contributed by atoms with E-state index in [9.17, 15) is 19.2 Å². The Labute approximate surface area is 239 Å². The SMILES string of the molecule is CC(C)C[C@H](NC(=O)OC(C)(C)C)C(=O)N[C@H](CCC(N)=O)C(=O)OC(=NC1CCCCC1)NC1CCCCC1. The summed E-state index contributed by atoms with van der Waals surface area (Å²) in [6.07, 6.45) is 9.94. The van der Waals surface area contributed by atoms with Crippen molar-refractivity contribution in [3.05, 3.63) is 0 Å². The molecule has 40 heavy (non-hydrogen) atoms. The van der Waals surface area contributed by atoms with Gasteiger partial charge in [-0.3, -0.25) is 9.59 Å². The van der Waals surface area contributed by atoms with Gasteiger partial charge in [0, 0.05) is 12.5 Å². The van der Waals surface area contributed by atoms with Gasteiger partial charge < -0.3 is 31.2 Å². The Hall–Kier alpha value is -2.85. The van der Waals surface area contributed by atoms with Crippen molar-refractivity contribution in [2.75, 3.05) is 0 Å². The number of nitrogens with two attached hydrogens (primary N) is 1. The van der Waals surface area contributed by atoms with E-state index < -0.39 is 41.6 Å². The molecule has 2 atom stereocenters. The van der Waals surface area contributed by atoms with Gasteiger partial charge >= 0.3 is 12.1 Å². The van der Waals surface area contributed by atoms with Crippen molar-refractivity contribution in [2.45, 2.75) is 148 Å². The van der Waals surface area contributed by atoms with Gasteiger partial charge in [0.15, 0.2) is 0 Å². The summed E-state index contributed by atoms with van der Waals surface area (Å²) in [5.74, 6) is -1.84. The highest BCUT2D eigenvalue weighted by Crippen LogP contribution is 2.22. The maximum Gasteiger partial charge on any atom is 0.408 e. The fourth-order valence-electron chi connectivity index (χ4n) is 5.02. The number of nitrogens with zero attached hydrogens (tertiary/aromatic N) is 1. The first-order chi connectivity index (χ1) is 18.8. The van der Waals surface area contributed by atoms with Crippen molar-refractivity contribution >= 4 is 29.9 Å². The van der Waals surface area contributed by atoms with Crippen LogP contribution in [0.25, 0.3) is 0 Å². The lowest BCUT2D eigenvalue weighted by atomic mass is 9.95. The average Bonchev–Trinajstić information content (AvgIpc) is 2.85. The van der Waals surface area contributed by atoms with Crippen molar-refractivity contribution < 1.29 is 28.7 Å². The molecule has 11 heteroatoms. The maximum absolute atomic E-state index is 13.4. The van der Waals surface area contributed by atoms with Crippen LogP contribution < -0.4 is 21.7 Å². The van der Waals surface area contributed by atoms with E-state index in [1.807, 2.05) is 13.8 Å². The Morgan fingerprint density at radius 3 is 2.05 bits per heavy atom. The minimum Gasteiger partial charge on any atom is -0.444 e. The number of nitrogens with one attached hydrogen (secondary N) is 3. The summed E-state index contributed by atoms with van der Waals surface area (Å²) in [4.78, 5) is 55.5. The molecule has 0 aromatic rings. The van der Waals surface area contributed by atoms with Gasteiger partial charge in [0.2, 0.25) is 11.8 Å². The van der Waals surface area contributed by atoms with Crippen molar-refractivity contribution in [1.29, 1.82) is 0 Å². The molecule has 228 valence electrons. The summed E-state index contributed by atoms with van der Waals surface area (Å²) in [7, 11) is 0. The number of hydrogen-bond donors (Lipinski definition) is 4. The van der Waals surface area contributed by atoms with Crippen LogP contribution in [0.5, 0.6) is 0 Å². The number of ether oxygens (including phenoxy) is 2. The topological polar surface area (TPSA) is 161 Å². The summed E-state index contributed by atoms with van der Waals surface area (Å²) in [5, 5.41) is 8.63. The Morgan fingerprint density at radius 1 is 0.900 bits per heavy atom. The molecule has 2 saturated carbocycles. The lowest BCUT2D eigenvalue weighted by Gasteiger charge is -2.27. The number of esters is 1. The van der Waals surface area contributed by atoms with Gasteiger partial charge in [0.1, 0.15) is 17.7 Å². The van der Waals surface area contributed by atoms with Gasteiger partial charge in [-0.15, -0.1) is 0 Å². The van der Waals surface area contributed by atoms with Gasteiger partial charge in [0.05, 0.1) is 6.04 Å². The molecule has 0 aromatic carbocycles. The highest BCUT2D eigenvalue weighted by atomic mass is 16.6. The molecule has 0 bridgehead atoms. The third-order valence-corrected chi connectivity index (χ3v) is 7.00. The van der Waals surface area contributed by atoms with Crippen LogP contribution in [-0.4, -0.2) is 59.7 Å². The smallest absolute Gasteiger partial charge is 0.408 e. The van der Waals surface area contributed by atoms with E-state index in [0.29, 0.717) is 6.42 Å². The molecule has 0 heterocycles. The zero-order chi connectivity index (χ0) is 29.7. The van der Waals surface area contributed by atoms with Crippen molar-refractivity contribution in [1.82, 2.24) is 16.0 Å². The summed E-state index contributed by atoms with van der Waals surface area (Å²) in [6, 6.07) is -1.70. The highest BCUT2D eigenvalue weighted by molar-refractivity contribution is 5.94. The second-order valence-electron chi connectivity index (χ2n) is 12.5. The number of aliphatic imine (C=N–C) groups is 1. The molecular formula is C29H51N5O6. The number of amides is 3. The van der Waals surface area contributed by atoms with E-state index in [0.717, 1.165) is 51.4 Å². The maximum atomic E-state index is 13.4. The molecule has 0 unspecified atom stereocenters. The van der Waals surface area contributed by atoms with Crippen molar-refractivity contribution in [2.24, 2.45) is 16.6 Å². The number of rotatable bonds is 11. The molecule has 5 N–H and O–H groups in total.